The van der Waals surface area contributed by atoms with Crippen molar-refractivity contribution in [1.29, 1.82) is 0 Å². The van der Waals surface area contributed by atoms with Gasteiger partial charge in [-0.1, -0.05) is 38.1 Å². The molecular weight excluding hydrogens is 459 g/mol. The van der Waals surface area contributed by atoms with E-state index in [2.05, 4.69) is 19.2 Å². The number of halogens is 2. The molecule has 3 rings (SSSR count). The van der Waals surface area contributed by atoms with Gasteiger partial charge in [0.25, 0.3) is 5.91 Å². The highest BCUT2D eigenvalue weighted by atomic mass is 35.5. The van der Waals surface area contributed by atoms with Crippen LogP contribution in [0.2, 0.25) is 0 Å². The van der Waals surface area contributed by atoms with Crippen molar-refractivity contribution in [3.05, 3.63) is 69.9 Å². The summed E-state index contributed by atoms with van der Waals surface area (Å²) >= 11 is 0. The maximum Gasteiger partial charge on any atom is 0.259 e. The molecule has 2 heterocycles. The Morgan fingerprint density at radius 1 is 1.06 bits per heavy atom. The van der Waals surface area contributed by atoms with Gasteiger partial charge in [-0.05, 0) is 55.9 Å². The van der Waals surface area contributed by atoms with Gasteiger partial charge in [-0.25, -0.2) is 0 Å². The maximum absolute atomic E-state index is 13.1. The van der Waals surface area contributed by atoms with Crippen molar-refractivity contribution in [2.45, 2.75) is 54.1 Å². The molecule has 33 heavy (non-hydrogen) atoms. The molecule has 5 N–H and O–H groups in total. The summed E-state index contributed by atoms with van der Waals surface area (Å²) in [7, 11) is 0. The zero-order chi connectivity index (χ0) is 22.7. The molecule has 0 saturated heterocycles. The number of amides is 1. The van der Waals surface area contributed by atoms with Crippen LogP contribution in [0, 0.1) is 26.7 Å². The minimum atomic E-state index is -0.223. The predicted molar refractivity (Wildman–Crippen MR) is 139 cm³/mol. The van der Waals surface area contributed by atoms with Crippen LogP contribution < -0.4 is 16.8 Å². The van der Waals surface area contributed by atoms with E-state index in [0.717, 1.165) is 40.1 Å². The monoisotopic (exact) mass is 492 g/mol. The Morgan fingerprint density at radius 2 is 1.70 bits per heavy atom. The van der Waals surface area contributed by atoms with Crippen molar-refractivity contribution in [3.63, 3.8) is 0 Å². The van der Waals surface area contributed by atoms with Crippen LogP contribution in [0.3, 0.4) is 0 Å². The fourth-order valence-corrected chi connectivity index (χ4v) is 3.89. The highest BCUT2D eigenvalue weighted by Crippen LogP contribution is 2.36. The number of carbonyl (C=O) groups excluding carboxylic acids is 1. The Labute approximate surface area is 208 Å². The van der Waals surface area contributed by atoms with Crippen molar-refractivity contribution in [2.24, 2.45) is 17.4 Å². The summed E-state index contributed by atoms with van der Waals surface area (Å²) in [5.41, 5.74) is 18.8. The summed E-state index contributed by atoms with van der Waals surface area (Å²) in [6.45, 7) is 10.7. The topological polar surface area (TPSA) is 107 Å². The van der Waals surface area contributed by atoms with Gasteiger partial charge in [-0.2, -0.15) is 0 Å². The minimum absolute atomic E-state index is 0. The van der Waals surface area contributed by atoms with E-state index in [1.165, 1.54) is 0 Å². The number of furan rings is 1. The summed E-state index contributed by atoms with van der Waals surface area (Å²) in [5.74, 6) is 1.50. The van der Waals surface area contributed by atoms with Gasteiger partial charge in [0, 0.05) is 24.3 Å². The molecule has 0 bridgehead atoms. The molecule has 180 valence electrons. The van der Waals surface area contributed by atoms with Gasteiger partial charge in [0.1, 0.15) is 11.5 Å². The zero-order valence-electron chi connectivity index (χ0n) is 19.8. The molecule has 3 aromatic rings. The smallest absolute Gasteiger partial charge is 0.259 e. The lowest BCUT2D eigenvalue weighted by Crippen LogP contribution is -2.18. The number of carbonyl (C=O) groups is 1. The van der Waals surface area contributed by atoms with E-state index in [1.807, 2.05) is 38.1 Å². The number of aromatic nitrogens is 1. The number of aryl methyl sites for hydroxylation is 3. The highest BCUT2D eigenvalue weighted by Gasteiger charge is 2.22. The van der Waals surface area contributed by atoms with E-state index >= 15 is 0 Å². The average molecular weight is 493 g/mol. The summed E-state index contributed by atoms with van der Waals surface area (Å²) in [6.07, 6.45) is 0.815. The van der Waals surface area contributed by atoms with Gasteiger partial charge >= 0.3 is 0 Å². The number of rotatable bonds is 7. The minimum Gasteiger partial charge on any atom is -0.466 e. The van der Waals surface area contributed by atoms with Crippen LogP contribution in [0.5, 0.6) is 0 Å². The summed E-state index contributed by atoms with van der Waals surface area (Å²) < 4.78 is 5.54. The molecule has 0 fully saturated rings. The maximum atomic E-state index is 13.1. The van der Waals surface area contributed by atoms with Crippen molar-refractivity contribution in [1.82, 2.24) is 4.98 Å². The Kier molecular flexibility index (Phi) is 10.6. The molecule has 0 aliphatic carbocycles. The number of benzene rings is 1. The average Bonchev–Trinajstić information content (AvgIpc) is 3.07. The first kappa shape index (κ1) is 28.7. The number of hydrogen-bond acceptors (Lipinski definition) is 5. The summed E-state index contributed by atoms with van der Waals surface area (Å²) in [5, 5.41) is 3.09. The molecule has 0 unspecified atom stereocenters. The van der Waals surface area contributed by atoms with Gasteiger partial charge in [-0.3, -0.25) is 9.78 Å². The molecular formula is C25H34Cl2N4O2. The number of nitrogens with zero attached hydrogens (tertiary/aromatic N) is 1. The standard InChI is InChI=1S/C25H32N4O2.2ClH/c1-14(2)10-22-21(13-27)23(19-8-6-18(12-26)7-9-19)24(16(4)28-22)29-25(30)20-11-15(3)31-17(20)5;;/h6-9,11,14H,10,12-13,26-27H2,1-5H3,(H,29,30);2*1H. The van der Waals surface area contributed by atoms with Gasteiger partial charge < -0.3 is 21.2 Å². The van der Waals surface area contributed by atoms with Crippen molar-refractivity contribution >= 4 is 36.4 Å². The number of pyridine rings is 1. The lowest BCUT2D eigenvalue weighted by Gasteiger charge is -2.21. The van der Waals surface area contributed by atoms with Gasteiger partial charge in [0.15, 0.2) is 0 Å². The molecule has 0 aliphatic heterocycles. The van der Waals surface area contributed by atoms with Crippen molar-refractivity contribution < 1.29 is 9.21 Å². The molecule has 8 heteroatoms. The molecule has 1 aromatic carbocycles. The van der Waals surface area contributed by atoms with E-state index < -0.39 is 0 Å². The highest BCUT2D eigenvalue weighted by molar-refractivity contribution is 6.07. The second kappa shape index (κ2) is 12.2. The van der Waals surface area contributed by atoms with Crippen molar-refractivity contribution in [3.8, 4) is 11.1 Å². The van der Waals surface area contributed by atoms with Crippen LogP contribution in [0.1, 0.15) is 58.2 Å². The first-order chi connectivity index (χ1) is 14.7. The molecule has 2 aromatic heterocycles. The fourth-order valence-electron chi connectivity index (χ4n) is 3.89. The first-order valence-corrected chi connectivity index (χ1v) is 10.6. The van der Waals surface area contributed by atoms with Crippen LogP contribution in [0.4, 0.5) is 5.69 Å². The third-order valence-electron chi connectivity index (χ3n) is 5.37. The summed E-state index contributed by atoms with van der Waals surface area (Å²) in [4.78, 5) is 17.9. The van der Waals surface area contributed by atoms with Crippen LogP contribution in [-0.4, -0.2) is 10.9 Å². The Hall–Kier alpha value is -2.38. The number of hydrogen-bond donors (Lipinski definition) is 3. The molecule has 0 aliphatic rings. The fraction of sp³-hybridized carbons (Fsp3) is 0.360. The predicted octanol–water partition coefficient (Wildman–Crippen LogP) is 5.48. The molecule has 0 spiro atoms. The zero-order valence-corrected chi connectivity index (χ0v) is 21.5. The van der Waals surface area contributed by atoms with E-state index in [9.17, 15) is 4.79 Å². The van der Waals surface area contributed by atoms with E-state index in [0.29, 0.717) is 41.8 Å². The Morgan fingerprint density at radius 3 is 2.18 bits per heavy atom. The van der Waals surface area contributed by atoms with Gasteiger partial charge in [-0.15, -0.1) is 24.8 Å². The van der Waals surface area contributed by atoms with Crippen LogP contribution in [0.25, 0.3) is 11.1 Å². The third-order valence-corrected chi connectivity index (χ3v) is 5.37. The first-order valence-electron chi connectivity index (χ1n) is 10.6. The molecule has 0 saturated carbocycles. The SMILES string of the molecule is Cc1cc(C(=O)Nc2c(C)nc(CC(C)C)c(CN)c2-c2ccc(CN)cc2)c(C)o1.Cl.Cl. The van der Waals surface area contributed by atoms with E-state index in [-0.39, 0.29) is 30.7 Å². The van der Waals surface area contributed by atoms with E-state index in [1.54, 1.807) is 13.0 Å². The lowest BCUT2D eigenvalue weighted by atomic mass is 9.92. The molecule has 0 radical (unpaired) electrons. The quantitative estimate of drug-likeness (QED) is 0.404. The van der Waals surface area contributed by atoms with Crippen LogP contribution >= 0.6 is 24.8 Å². The number of nitrogens with two attached hydrogens (primary N) is 2. The van der Waals surface area contributed by atoms with Crippen LogP contribution in [-0.2, 0) is 19.5 Å². The second-order valence-corrected chi connectivity index (χ2v) is 8.36. The van der Waals surface area contributed by atoms with Crippen molar-refractivity contribution in [2.75, 3.05) is 5.32 Å². The molecule has 0 atom stereocenters. The van der Waals surface area contributed by atoms with Gasteiger partial charge in [0.2, 0.25) is 0 Å². The Bertz CT molecular complexity index is 1090. The number of nitrogens with one attached hydrogen (secondary N) is 1. The van der Waals surface area contributed by atoms with Gasteiger partial charge in [0.05, 0.1) is 16.9 Å². The Balaban J connectivity index is 0.00000272. The summed E-state index contributed by atoms with van der Waals surface area (Å²) in [6, 6.07) is 9.81. The third kappa shape index (κ3) is 6.36. The van der Waals surface area contributed by atoms with E-state index in [4.69, 9.17) is 20.9 Å². The molecule has 6 nitrogen and oxygen atoms in total. The molecule has 1 amide bonds. The number of anilines is 1. The second-order valence-electron chi connectivity index (χ2n) is 8.36. The lowest BCUT2D eigenvalue weighted by molar-refractivity contribution is 0.102. The van der Waals surface area contributed by atoms with Crippen LogP contribution in [0.15, 0.2) is 34.7 Å². The largest absolute Gasteiger partial charge is 0.466 e. The normalized spacial score (nSPS) is 10.5.